The fraction of sp³-hybridized carbons (Fsp3) is 0.700. The molecule has 0 amide bonds. The molecule has 122 valence electrons. The number of aryl methyl sites for hydroxylation is 1. The van der Waals surface area contributed by atoms with Crippen LogP contribution in [0.25, 0.3) is 0 Å². The minimum atomic E-state index is -10.7. The Labute approximate surface area is 115 Å². The van der Waals surface area contributed by atoms with E-state index in [0.29, 0.717) is 0 Å². The van der Waals surface area contributed by atoms with Crippen LogP contribution >= 0.6 is 7.81 Å². The first-order valence-electron chi connectivity index (χ1n) is 6.13. The number of unbranched alkanes of at least 4 members (excludes halogenated alkanes) is 1. The van der Waals surface area contributed by atoms with E-state index in [1.807, 2.05) is 0 Å². The average molecular weight is 342 g/mol. The van der Waals surface area contributed by atoms with Gasteiger partial charge in [-0.3, -0.25) is 4.23 Å². The van der Waals surface area contributed by atoms with Gasteiger partial charge in [0.15, 0.2) is 0 Å². The summed E-state index contributed by atoms with van der Waals surface area (Å²) < 4.78 is 63.9. The number of rotatable bonds is 4. The second-order valence-electron chi connectivity index (χ2n) is 5.54. The molecule has 0 spiro atoms. The Kier molecular flexibility index (Phi) is 5.18. The van der Waals surface area contributed by atoms with Crippen LogP contribution in [0.5, 0.6) is 0 Å². The number of aromatic nitrogens is 2. The molecule has 0 fully saturated rings. The summed E-state index contributed by atoms with van der Waals surface area (Å²) >= 11 is 0. The van der Waals surface area contributed by atoms with Crippen molar-refractivity contribution in [3.63, 3.8) is 0 Å². The molecule has 0 atom stereocenters. The molecule has 1 aromatic heterocycles. The number of hydrogen-bond acceptors (Lipinski definition) is 0. The summed E-state index contributed by atoms with van der Waals surface area (Å²) in [5.41, 5.74) is 0. The van der Waals surface area contributed by atoms with E-state index in [4.69, 9.17) is 0 Å². The standard InChI is InChI=1S/C10H21N2Si.F6P/c1-5-6-7-11-8-9-12(10-11)13(2,3)4;1-7(2,3,4,5)6/h8-10H,5-7H2,1-4H3;/q+1;-1. The van der Waals surface area contributed by atoms with Crippen LogP contribution < -0.4 is 4.57 Å². The Hall–Kier alpha value is -0.563. The molecular formula is C10H21F6N2PSi. The molecule has 10 heteroatoms. The molecule has 0 bridgehead atoms. The van der Waals surface area contributed by atoms with Gasteiger partial charge in [0.2, 0.25) is 6.33 Å². The molecule has 1 aromatic rings. The second kappa shape index (κ2) is 5.33. The maximum absolute atomic E-state index is 10.7. The van der Waals surface area contributed by atoms with Gasteiger partial charge < -0.3 is 0 Å². The molecule has 2 nitrogen and oxygen atoms in total. The van der Waals surface area contributed by atoms with Crippen LogP contribution in [0.2, 0.25) is 19.6 Å². The van der Waals surface area contributed by atoms with Gasteiger partial charge in [0.05, 0.1) is 6.54 Å². The van der Waals surface area contributed by atoms with Gasteiger partial charge in [-0.05, 0) is 26.1 Å². The first kappa shape index (κ1) is 19.4. The quantitative estimate of drug-likeness (QED) is 0.290. The van der Waals surface area contributed by atoms with E-state index in [1.54, 1.807) is 0 Å². The van der Waals surface area contributed by atoms with Gasteiger partial charge in [0.1, 0.15) is 12.4 Å². The van der Waals surface area contributed by atoms with Crippen LogP contribution in [0.3, 0.4) is 0 Å². The summed E-state index contributed by atoms with van der Waals surface area (Å²) in [5.74, 6) is 0. The van der Waals surface area contributed by atoms with E-state index >= 15 is 0 Å². The zero-order valence-electron chi connectivity index (χ0n) is 12.0. The van der Waals surface area contributed by atoms with Crippen LogP contribution in [0.1, 0.15) is 19.8 Å². The van der Waals surface area contributed by atoms with Crippen molar-refractivity contribution in [2.45, 2.75) is 46.0 Å². The van der Waals surface area contributed by atoms with Crippen molar-refractivity contribution >= 4 is 16.0 Å². The Morgan fingerprint density at radius 1 is 1.05 bits per heavy atom. The average Bonchev–Trinajstić information content (AvgIpc) is 2.56. The third-order valence-electron chi connectivity index (χ3n) is 2.24. The first-order chi connectivity index (χ1) is 8.49. The van der Waals surface area contributed by atoms with Crippen molar-refractivity contribution in [3.8, 4) is 0 Å². The number of nitrogens with zero attached hydrogens (tertiary/aromatic N) is 2. The summed E-state index contributed by atoms with van der Waals surface area (Å²) in [6.45, 7) is 10.5. The molecule has 0 saturated heterocycles. The van der Waals surface area contributed by atoms with Crippen molar-refractivity contribution in [2.24, 2.45) is 0 Å². The summed E-state index contributed by atoms with van der Waals surface area (Å²) in [7, 11) is -11.8. The van der Waals surface area contributed by atoms with E-state index in [2.05, 4.69) is 54.1 Å². The van der Waals surface area contributed by atoms with Gasteiger partial charge in [0, 0.05) is 0 Å². The van der Waals surface area contributed by atoms with E-state index in [0.717, 1.165) is 6.54 Å². The van der Waals surface area contributed by atoms with Crippen LogP contribution in [-0.2, 0) is 6.54 Å². The molecule has 0 aliphatic carbocycles. The number of imidazole rings is 1. The Balaban J connectivity index is 0.000000441. The van der Waals surface area contributed by atoms with Crippen LogP contribution in [0, 0.1) is 0 Å². The first-order valence-corrected chi connectivity index (χ1v) is 11.6. The Morgan fingerprint density at radius 2 is 1.50 bits per heavy atom. The topological polar surface area (TPSA) is 8.81 Å². The van der Waals surface area contributed by atoms with Crippen molar-refractivity contribution in [3.05, 3.63) is 18.7 Å². The van der Waals surface area contributed by atoms with Crippen molar-refractivity contribution in [1.82, 2.24) is 4.23 Å². The summed E-state index contributed by atoms with van der Waals surface area (Å²) in [6, 6.07) is 0. The van der Waals surface area contributed by atoms with E-state index in [9.17, 15) is 25.2 Å². The van der Waals surface area contributed by atoms with Gasteiger partial charge in [0.25, 0.3) is 8.24 Å². The molecule has 0 aliphatic rings. The monoisotopic (exact) mass is 342 g/mol. The van der Waals surface area contributed by atoms with E-state index in [1.165, 1.54) is 12.8 Å². The fourth-order valence-corrected chi connectivity index (χ4v) is 2.27. The molecule has 0 aromatic carbocycles. The minimum absolute atomic E-state index is 1.16. The van der Waals surface area contributed by atoms with Gasteiger partial charge in [-0.2, -0.15) is 0 Å². The third kappa shape index (κ3) is 13.9. The molecule has 1 heterocycles. The van der Waals surface area contributed by atoms with E-state index in [-0.39, 0.29) is 0 Å². The molecule has 20 heavy (non-hydrogen) atoms. The normalized spacial score (nSPS) is 15.9. The van der Waals surface area contributed by atoms with Gasteiger partial charge in [-0.15, -0.1) is 0 Å². The molecule has 1 rings (SSSR count). The molecular weight excluding hydrogens is 321 g/mol. The molecule has 0 aliphatic heterocycles. The van der Waals surface area contributed by atoms with Crippen LogP contribution in [-0.4, -0.2) is 12.5 Å². The number of halogens is 6. The van der Waals surface area contributed by atoms with Crippen molar-refractivity contribution in [1.29, 1.82) is 0 Å². The van der Waals surface area contributed by atoms with Gasteiger partial charge in [-0.1, -0.05) is 13.3 Å². The van der Waals surface area contributed by atoms with Crippen molar-refractivity contribution in [2.75, 3.05) is 0 Å². The summed E-state index contributed by atoms with van der Waals surface area (Å²) in [4.78, 5) is 0. The molecule has 0 saturated carbocycles. The fourth-order valence-electron chi connectivity index (χ4n) is 1.26. The van der Waals surface area contributed by atoms with Crippen LogP contribution in [0.15, 0.2) is 18.7 Å². The van der Waals surface area contributed by atoms with Crippen molar-refractivity contribution < 1.29 is 29.7 Å². The SMILES string of the molecule is CCCC[n+]1ccn([Si](C)(C)C)c1.F[P-](F)(F)(F)(F)F. The number of hydrogen-bond donors (Lipinski definition) is 0. The third-order valence-corrected chi connectivity index (χ3v) is 4.05. The Morgan fingerprint density at radius 3 is 1.80 bits per heavy atom. The van der Waals surface area contributed by atoms with Gasteiger partial charge in [-0.25, -0.2) is 4.57 Å². The molecule has 0 unspecified atom stereocenters. The van der Waals surface area contributed by atoms with Gasteiger partial charge >= 0.3 is 33.0 Å². The molecule has 0 N–H and O–H groups in total. The maximum atomic E-state index is 9.87. The summed E-state index contributed by atoms with van der Waals surface area (Å²) in [6.07, 6.45) is 9.20. The second-order valence-corrected chi connectivity index (χ2v) is 12.3. The predicted molar refractivity (Wildman–Crippen MR) is 71.8 cm³/mol. The van der Waals surface area contributed by atoms with E-state index < -0.39 is 16.0 Å². The zero-order chi connectivity index (χ0) is 16.3. The summed E-state index contributed by atoms with van der Waals surface area (Å²) in [5, 5.41) is 0. The Bertz CT molecular complexity index is 422. The zero-order valence-corrected chi connectivity index (χ0v) is 13.9. The van der Waals surface area contributed by atoms with Crippen LogP contribution in [0.4, 0.5) is 25.2 Å². The predicted octanol–water partition coefficient (Wildman–Crippen LogP) is 5.64. The molecule has 0 radical (unpaired) electrons.